The Morgan fingerprint density at radius 3 is 2.00 bits per heavy atom. The second-order valence-electron chi connectivity index (χ2n) is 7.72. The highest BCUT2D eigenvalue weighted by molar-refractivity contribution is 6.50. The molecule has 0 aliphatic carbocycles. The van der Waals surface area contributed by atoms with Crippen LogP contribution in [-0.4, -0.2) is 34.5 Å². The third-order valence-electron chi connectivity index (χ3n) is 5.88. The zero-order valence-electron chi connectivity index (χ0n) is 17.7. The van der Waals surface area contributed by atoms with Crippen molar-refractivity contribution < 1.29 is 19.1 Å². The highest BCUT2D eigenvalue weighted by Crippen LogP contribution is 2.39. The van der Waals surface area contributed by atoms with Crippen molar-refractivity contribution in [1.29, 1.82) is 0 Å². The minimum Gasteiger partial charge on any atom is -0.497 e. The number of nitrogens with zero attached hydrogens (tertiary/aromatic N) is 2. The number of imide groups is 1. The van der Waals surface area contributed by atoms with Gasteiger partial charge in [-0.3, -0.25) is 19.7 Å². The monoisotopic (exact) mass is 428 g/mol. The minimum absolute atomic E-state index is 0.333. The van der Waals surface area contributed by atoms with E-state index in [0.29, 0.717) is 40.1 Å². The molecular formula is C24H20N4O4. The molecule has 2 aromatic carbocycles. The fraction of sp³-hybridized carbons (Fsp3) is 0.125. The number of ether oxygens (including phenoxy) is 1. The number of amides is 3. The molecule has 32 heavy (non-hydrogen) atoms. The predicted molar refractivity (Wildman–Crippen MR) is 122 cm³/mol. The number of nitrogens with one attached hydrogen (secondary N) is 2. The quantitative estimate of drug-likeness (QED) is 0.378. The van der Waals surface area contributed by atoms with E-state index in [0.717, 1.165) is 21.8 Å². The van der Waals surface area contributed by atoms with Crippen LogP contribution in [-0.2, 0) is 28.5 Å². The standard InChI is InChI=1S/C24H20N4O4/c1-27-10-17(15-6-4-13(25-12-29)8-19(15)27)21-22(24(31)26-23(21)30)18-11-28(2)20-9-14(32-3)5-7-16(18)20/h4-12H,1-3H3,(H,25,29)(H,26,30,31). The van der Waals surface area contributed by atoms with Crippen LogP contribution in [0.1, 0.15) is 11.1 Å². The SMILES string of the molecule is COc1ccc2c(C3=C(c4cn(C)c5cc(NC=O)ccc45)C(=O)NC3=O)cn(C)c2c1. The van der Waals surface area contributed by atoms with Gasteiger partial charge < -0.3 is 19.2 Å². The first-order chi connectivity index (χ1) is 15.4. The summed E-state index contributed by atoms with van der Waals surface area (Å²) >= 11 is 0. The molecule has 3 heterocycles. The van der Waals surface area contributed by atoms with Gasteiger partial charge in [-0.05, 0) is 24.3 Å². The molecule has 1 aliphatic heterocycles. The number of benzene rings is 2. The van der Waals surface area contributed by atoms with Crippen LogP contribution >= 0.6 is 0 Å². The Kier molecular flexibility index (Phi) is 4.37. The largest absolute Gasteiger partial charge is 0.497 e. The topological polar surface area (TPSA) is 94.4 Å². The number of carbonyl (C=O) groups is 3. The van der Waals surface area contributed by atoms with Gasteiger partial charge in [-0.2, -0.15) is 0 Å². The van der Waals surface area contributed by atoms with Gasteiger partial charge in [0, 0.05) is 60.1 Å². The first-order valence-electron chi connectivity index (χ1n) is 9.96. The number of aryl methyl sites for hydroxylation is 2. The Balaban J connectivity index is 1.79. The number of hydrogen-bond acceptors (Lipinski definition) is 4. The van der Waals surface area contributed by atoms with Crippen LogP contribution in [0.2, 0.25) is 0 Å². The maximum Gasteiger partial charge on any atom is 0.259 e. The molecular weight excluding hydrogens is 408 g/mol. The first kappa shape index (κ1) is 19.6. The van der Waals surface area contributed by atoms with Gasteiger partial charge in [0.15, 0.2) is 0 Å². The number of anilines is 1. The molecule has 0 radical (unpaired) electrons. The number of methoxy groups -OCH3 is 1. The van der Waals surface area contributed by atoms with E-state index in [1.807, 2.05) is 66.0 Å². The molecule has 0 bridgehead atoms. The van der Waals surface area contributed by atoms with E-state index in [1.165, 1.54) is 0 Å². The minimum atomic E-state index is -0.432. The van der Waals surface area contributed by atoms with Crippen molar-refractivity contribution in [3.05, 3.63) is 59.9 Å². The lowest BCUT2D eigenvalue weighted by Gasteiger charge is -2.04. The zero-order chi connectivity index (χ0) is 22.6. The molecule has 160 valence electrons. The van der Waals surface area contributed by atoms with Crippen LogP contribution in [0.4, 0.5) is 5.69 Å². The van der Waals surface area contributed by atoms with E-state index >= 15 is 0 Å². The molecule has 0 saturated carbocycles. The summed E-state index contributed by atoms with van der Waals surface area (Å²) in [4.78, 5) is 36.7. The molecule has 4 aromatic rings. The summed E-state index contributed by atoms with van der Waals surface area (Å²) < 4.78 is 9.11. The Bertz CT molecular complexity index is 1490. The van der Waals surface area contributed by atoms with Gasteiger partial charge in [0.25, 0.3) is 11.8 Å². The lowest BCUT2D eigenvalue weighted by Crippen LogP contribution is -2.22. The Morgan fingerprint density at radius 1 is 0.875 bits per heavy atom. The summed E-state index contributed by atoms with van der Waals surface area (Å²) in [7, 11) is 5.35. The highest BCUT2D eigenvalue weighted by Gasteiger charge is 2.35. The molecule has 2 aromatic heterocycles. The van der Waals surface area contributed by atoms with Crippen molar-refractivity contribution in [3.8, 4) is 5.75 Å². The van der Waals surface area contributed by atoms with Gasteiger partial charge in [0.2, 0.25) is 6.41 Å². The molecule has 0 unspecified atom stereocenters. The van der Waals surface area contributed by atoms with Crippen LogP contribution < -0.4 is 15.4 Å². The van der Waals surface area contributed by atoms with Crippen molar-refractivity contribution in [2.75, 3.05) is 12.4 Å². The average molecular weight is 428 g/mol. The molecule has 0 atom stereocenters. The molecule has 2 N–H and O–H groups in total. The van der Waals surface area contributed by atoms with E-state index in [2.05, 4.69) is 10.6 Å². The van der Waals surface area contributed by atoms with Crippen molar-refractivity contribution in [2.24, 2.45) is 14.1 Å². The molecule has 3 amide bonds. The highest BCUT2D eigenvalue weighted by atomic mass is 16.5. The maximum absolute atomic E-state index is 13.0. The van der Waals surface area contributed by atoms with E-state index in [-0.39, 0.29) is 0 Å². The summed E-state index contributed by atoms with van der Waals surface area (Å²) in [5.74, 6) is -0.150. The Labute approximate surface area is 183 Å². The van der Waals surface area contributed by atoms with Gasteiger partial charge in [-0.25, -0.2) is 0 Å². The Morgan fingerprint density at radius 2 is 1.44 bits per heavy atom. The summed E-state index contributed by atoms with van der Waals surface area (Å²) in [5.41, 5.74) is 4.37. The maximum atomic E-state index is 13.0. The lowest BCUT2D eigenvalue weighted by molar-refractivity contribution is -0.122. The van der Waals surface area contributed by atoms with Gasteiger partial charge in [-0.15, -0.1) is 0 Å². The predicted octanol–water partition coefficient (Wildman–Crippen LogP) is 2.81. The fourth-order valence-corrected chi connectivity index (χ4v) is 4.40. The molecule has 8 heteroatoms. The van der Waals surface area contributed by atoms with Crippen molar-refractivity contribution in [1.82, 2.24) is 14.5 Å². The van der Waals surface area contributed by atoms with Crippen molar-refractivity contribution in [2.45, 2.75) is 0 Å². The second kappa shape index (κ2) is 7.12. The number of carbonyl (C=O) groups excluding carboxylic acids is 3. The van der Waals surface area contributed by atoms with E-state index in [1.54, 1.807) is 13.2 Å². The summed E-state index contributed by atoms with van der Waals surface area (Å²) in [6.07, 6.45) is 4.30. The van der Waals surface area contributed by atoms with Gasteiger partial charge in [0.1, 0.15) is 5.75 Å². The van der Waals surface area contributed by atoms with Crippen LogP contribution in [0.25, 0.3) is 33.0 Å². The molecule has 5 rings (SSSR count). The molecule has 0 fully saturated rings. The van der Waals surface area contributed by atoms with Crippen LogP contribution in [0, 0.1) is 0 Å². The zero-order valence-corrected chi connectivity index (χ0v) is 17.7. The number of fused-ring (bicyclic) bond motifs is 2. The van der Waals surface area contributed by atoms with Crippen molar-refractivity contribution >= 4 is 56.9 Å². The lowest BCUT2D eigenvalue weighted by atomic mass is 9.95. The summed E-state index contributed by atoms with van der Waals surface area (Å²) in [5, 5.41) is 6.76. The van der Waals surface area contributed by atoms with Gasteiger partial charge in [0.05, 0.1) is 29.3 Å². The average Bonchev–Trinajstić information content (AvgIpc) is 3.38. The summed E-state index contributed by atoms with van der Waals surface area (Å²) in [6, 6.07) is 11.1. The molecule has 8 nitrogen and oxygen atoms in total. The first-order valence-corrected chi connectivity index (χ1v) is 9.96. The molecule has 1 aliphatic rings. The van der Waals surface area contributed by atoms with Crippen LogP contribution in [0.5, 0.6) is 5.75 Å². The third kappa shape index (κ3) is 2.80. The van der Waals surface area contributed by atoms with E-state index < -0.39 is 11.8 Å². The number of hydrogen-bond donors (Lipinski definition) is 2. The van der Waals surface area contributed by atoms with Gasteiger partial charge >= 0.3 is 0 Å². The van der Waals surface area contributed by atoms with Gasteiger partial charge in [-0.1, -0.05) is 6.07 Å². The second-order valence-corrected chi connectivity index (χ2v) is 7.72. The summed E-state index contributed by atoms with van der Waals surface area (Å²) in [6.45, 7) is 0. The Hall–Kier alpha value is -4.33. The smallest absolute Gasteiger partial charge is 0.259 e. The third-order valence-corrected chi connectivity index (χ3v) is 5.88. The van der Waals surface area contributed by atoms with E-state index in [4.69, 9.17) is 4.74 Å². The van der Waals surface area contributed by atoms with Crippen LogP contribution in [0.15, 0.2) is 48.8 Å². The number of aromatic nitrogens is 2. The fourth-order valence-electron chi connectivity index (χ4n) is 4.40. The van der Waals surface area contributed by atoms with E-state index in [9.17, 15) is 14.4 Å². The molecule has 0 spiro atoms. The number of rotatable bonds is 5. The van der Waals surface area contributed by atoms with Crippen LogP contribution in [0.3, 0.4) is 0 Å². The van der Waals surface area contributed by atoms with Crippen molar-refractivity contribution in [3.63, 3.8) is 0 Å². The normalized spacial score (nSPS) is 13.8. The molecule has 0 saturated heterocycles.